The van der Waals surface area contributed by atoms with Crippen molar-refractivity contribution in [1.29, 1.82) is 0 Å². The summed E-state index contributed by atoms with van der Waals surface area (Å²) in [5, 5.41) is 7.53. The average molecular weight is 386 g/mol. The van der Waals surface area contributed by atoms with Gasteiger partial charge in [0, 0.05) is 28.6 Å². The molecular weight excluding hydrogens is 364 g/mol. The molecule has 2 amide bonds. The summed E-state index contributed by atoms with van der Waals surface area (Å²) in [6, 6.07) is 9.26. The normalized spacial score (nSPS) is 17.3. The van der Waals surface area contributed by atoms with Crippen molar-refractivity contribution < 1.29 is 19.1 Å². The minimum Gasteiger partial charge on any atom is -0.486 e. The first-order chi connectivity index (χ1) is 13.2. The zero-order chi connectivity index (χ0) is 18.7. The van der Waals surface area contributed by atoms with Crippen LogP contribution in [0.4, 0.5) is 5.69 Å². The van der Waals surface area contributed by atoms with Crippen molar-refractivity contribution in [2.45, 2.75) is 31.1 Å². The van der Waals surface area contributed by atoms with Crippen LogP contribution in [0.2, 0.25) is 0 Å². The molecule has 0 saturated heterocycles. The molecule has 0 unspecified atom stereocenters. The van der Waals surface area contributed by atoms with E-state index in [1.807, 2.05) is 6.07 Å². The number of fused-ring (bicyclic) bond motifs is 1. The predicted molar refractivity (Wildman–Crippen MR) is 104 cm³/mol. The number of nitrogens with one attached hydrogen (secondary N) is 2. The fourth-order valence-corrected chi connectivity index (χ4v) is 4.77. The molecule has 2 aliphatic rings. The van der Waals surface area contributed by atoms with Crippen molar-refractivity contribution in [2.24, 2.45) is 0 Å². The van der Waals surface area contributed by atoms with E-state index >= 15 is 0 Å². The number of rotatable bonds is 4. The van der Waals surface area contributed by atoms with Crippen molar-refractivity contribution >= 4 is 28.8 Å². The summed E-state index contributed by atoms with van der Waals surface area (Å²) < 4.78 is 11.0. The molecule has 0 bridgehead atoms. The molecule has 1 aromatic carbocycles. The van der Waals surface area contributed by atoms with Gasteiger partial charge in [-0.1, -0.05) is 18.9 Å². The highest BCUT2D eigenvalue weighted by molar-refractivity contribution is 7.10. The number of hydrogen-bond acceptors (Lipinski definition) is 5. The number of carbonyl (C=O) groups is 2. The van der Waals surface area contributed by atoms with E-state index in [4.69, 9.17) is 9.47 Å². The smallest absolute Gasteiger partial charge is 0.313 e. The Hall–Kier alpha value is -2.54. The van der Waals surface area contributed by atoms with E-state index in [0.29, 0.717) is 36.9 Å². The second-order valence-corrected chi connectivity index (χ2v) is 7.91. The molecule has 0 atom stereocenters. The van der Waals surface area contributed by atoms with Gasteiger partial charge in [0.25, 0.3) is 0 Å². The molecule has 0 radical (unpaired) electrons. The van der Waals surface area contributed by atoms with E-state index in [1.165, 1.54) is 4.88 Å². The summed E-state index contributed by atoms with van der Waals surface area (Å²) >= 11 is 1.72. The maximum absolute atomic E-state index is 12.3. The number of hydrogen-bond donors (Lipinski definition) is 2. The Labute approximate surface area is 161 Å². The highest BCUT2D eigenvalue weighted by Gasteiger charge is 2.37. The molecule has 7 heteroatoms. The van der Waals surface area contributed by atoms with Crippen LogP contribution in [0.25, 0.3) is 0 Å². The van der Waals surface area contributed by atoms with E-state index in [1.54, 1.807) is 29.5 Å². The molecular formula is C20H22N2O4S. The second kappa shape index (κ2) is 7.60. The van der Waals surface area contributed by atoms with Crippen LogP contribution in [0.3, 0.4) is 0 Å². The number of thiophene rings is 1. The number of carbonyl (C=O) groups excluding carboxylic acids is 2. The van der Waals surface area contributed by atoms with Gasteiger partial charge in [0.05, 0.1) is 0 Å². The quantitative estimate of drug-likeness (QED) is 0.792. The van der Waals surface area contributed by atoms with Gasteiger partial charge in [-0.25, -0.2) is 0 Å². The number of benzene rings is 1. The third-order valence-corrected chi connectivity index (χ3v) is 6.31. The van der Waals surface area contributed by atoms with Gasteiger partial charge in [0.15, 0.2) is 11.5 Å². The summed E-state index contributed by atoms with van der Waals surface area (Å²) in [6.45, 7) is 1.46. The van der Waals surface area contributed by atoms with E-state index in [0.717, 1.165) is 25.7 Å². The van der Waals surface area contributed by atoms with Crippen molar-refractivity contribution in [3.8, 4) is 11.5 Å². The Balaban J connectivity index is 1.37. The lowest BCUT2D eigenvalue weighted by Gasteiger charge is -2.28. The molecule has 142 valence electrons. The van der Waals surface area contributed by atoms with E-state index < -0.39 is 11.8 Å². The van der Waals surface area contributed by atoms with Crippen LogP contribution in [0.5, 0.6) is 11.5 Å². The molecule has 27 heavy (non-hydrogen) atoms. The van der Waals surface area contributed by atoms with Gasteiger partial charge in [-0.15, -0.1) is 11.3 Å². The number of anilines is 1. The van der Waals surface area contributed by atoms with Gasteiger partial charge >= 0.3 is 11.8 Å². The first-order valence-electron chi connectivity index (χ1n) is 9.19. The Morgan fingerprint density at radius 3 is 2.56 bits per heavy atom. The standard InChI is InChI=1S/C20H22N2O4S/c23-18(21-13-20(7-1-2-8-20)17-4-3-11-27-17)19(24)22-14-5-6-15-16(12-14)26-10-9-25-15/h3-6,11-12H,1-2,7-10,13H2,(H,21,23)(H,22,24). The highest BCUT2D eigenvalue weighted by atomic mass is 32.1. The molecule has 1 aliphatic carbocycles. The maximum Gasteiger partial charge on any atom is 0.313 e. The zero-order valence-electron chi connectivity index (χ0n) is 15.0. The highest BCUT2D eigenvalue weighted by Crippen LogP contribution is 2.42. The molecule has 2 N–H and O–H groups in total. The van der Waals surface area contributed by atoms with Gasteiger partial charge in [0.2, 0.25) is 0 Å². The topological polar surface area (TPSA) is 76.7 Å². The second-order valence-electron chi connectivity index (χ2n) is 6.96. The van der Waals surface area contributed by atoms with Crippen molar-refractivity contribution in [1.82, 2.24) is 5.32 Å². The lowest BCUT2D eigenvalue weighted by molar-refractivity contribution is -0.136. The maximum atomic E-state index is 12.3. The van der Waals surface area contributed by atoms with E-state index in [-0.39, 0.29) is 5.41 Å². The van der Waals surface area contributed by atoms with Gasteiger partial charge in [-0.05, 0) is 36.4 Å². The zero-order valence-corrected chi connectivity index (χ0v) is 15.8. The van der Waals surface area contributed by atoms with Crippen LogP contribution in [-0.4, -0.2) is 31.6 Å². The first-order valence-corrected chi connectivity index (χ1v) is 10.1. The van der Waals surface area contributed by atoms with Crippen LogP contribution in [0.15, 0.2) is 35.7 Å². The van der Waals surface area contributed by atoms with Gasteiger partial charge < -0.3 is 20.1 Å². The number of ether oxygens (including phenoxy) is 2. The van der Waals surface area contributed by atoms with Gasteiger partial charge in [0.1, 0.15) is 13.2 Å². The Bertz CT molecular complexity index is 829. The molecule has 6 nitrogen and oxygen atoms in total. The van der Waals surface area contributed by atoms with Crippen LogP contribution in [-0.2, 0) is 15.0 Å². The largest absolute Gasteiger partial charge is 0.486 e. The Kier molecular flexibility index (Phi) is 5.03. The minimum atomic E-state index is -0.675. The summed E-state index contributed by atoms with van der Waals surface area (Å²) in [6.07, 6.45) is 4.38. The molecule has 2 aromatic rings. The van der Waals surface area contributed by atoms with Gasteiger partial charge in [-0.3, -0.25) is 9.59 Å². The van der Waals surface area contributed by atoms with Crippen LogP contribution in [0, 0.1) is 0 Å². The van der Waals surface area contributed by atoms with E-state index in [9.17, 15) is 9.59 Å². The SMILES string of the molecule is O=C(NCC1(c2cccs2)CCCC1)C(=O)Nc1ccc2c(c1)OCCO2. The number of amides is 2. The molecule has 4 rings (SSSR count). The van der Waals surface area contributed by atoms with Gasteiger partial charge in [-0.2, -0.15) is 0 Å². The summed E-state index contributed by atoms with van der Waals surface area (Å²) in [5.41, 5.74) is 0.467. The lowest BCUT2D eigenvalue weighted by atomic mass is 9.84. The molecule has 2 heterocycles. The third kappa shape index (κ3) is 3.78. The fraction of sp³-hybridized carbons (Fsp3) is 0.400. The minimum absolute atomic E-state index is 0.0406. The van der Waals surface area contributed by atoms with Crippen molar-refractivity contribution in [2.75, 3.05) is 25.1 Å². The molecule has 0 spiro atoms. The van der Waals surface area contributed by atoms with Crippen LogP contribution >= 0.6 is 11.3 Å². The molecule has 1 fully saturated rings. The average Bonchev–Trinajstić information content (AvgIpc) is 3.38. The Morgan fingerprint density at radius 1 is 1.04 bits per heavy atom. The third-order valence-electron chi connectivity index (χ3n) is 5.20. The lowest BCUT2D eigenvalue weighted by Crippen LogP contribution is -2.43. The predicted octanol–water partition coefficient (Wildman–Crippen LogP) is 3.09. The van der Waals surface area contributed by atoms with E-state index in [2.05, 4.69) is 22.1 Å². The van der Waals surface area contributed by atoms with Crippen molar-refractivity contribution in [3.05, 3.63) is 40.6 Å². The summed E-state index contributed by atoms with van der Waals surface area (Å²) in [4.78, 5) is 25.9. The monoisotopic (exact) mass is 386 g/mol. The Morgan fingerprint density at radius 2 is 1.81 bits per heavy atom. The first kappa shape index (κ1) is 17.9. The molecule has 1 aromatic heterocycles. The van der Waals surface area contributed by atoms with Crippen LogP contribution in [0.1, 0.15) is 30.6 Å². The van der Waals surface area contributed by atoms with Crippen molar-refractivity contribution in [3.63, 3.8) is 0 Å². The fourth-order valence-electron chi connectivity index (χ4n) is 3.78. The summed E-state index contributed by atoms with van der Waals surface area (Å²) in [5.74, 6) is -0.0800. The summed E-state index contributed by atoms with van der Waals surface area (Å²) in [7, 11) is 0. The van der Waals surface area contributed by atoms with Crippen LogP contribution < -0.4 is 20.1 Å². The molecule has 1 saturated carbocycles. The molecule has 1 aliphatic heterocycles.